The molecule has 5 nitrogen and oxygen atoms in total. The van der Waals surface area contributed by atoms with Crippen molar-refractivity contribution in [3.8, 4) is 0 Å². The average molecular weight is 266 g/mol. The maximum atomic E-state index is 11.4. The van der Waals surface area contributed by atoms with Gasteiger partial charge in [-0.2, -0.15) is 0 Å². The molecule has 0 aliphatic heterocycles. The van der Waals surface area contributed by atoms with Crippen LogP contribution in [0.5, 0.6) is 0 Å². The number of benzene rings is 1. The molecule has 2 amide bonds. The third kappa shape index (κ3) is 7.43. The van der Waals surface area contributed by atoms with Crippen LogP contribution < -0.4 is 10.6 Å². The summed E-state index contributed by atoms with van der Waals surface area (Å²) in [6, 6.07) is 9.62. The third-order valence-electron chi connectivity index (χ3n) is 2.58. The second-order valence-corrected chi connectivity index (χ2v) is 4.35. The lowest BCUT2D eigenvalue weighted by molar-refractivity contribution is 0.123. The molecular formula is C14H22N2O3. The molecule has 1 aromatic rings. The van der Waals surface area contributed by atoms with Gasteiger partial charge in [-0.1, -0.05) is 30.3 Å². The smallest absolute Gasteiger partial charge is 0.315 e. The fourth-order valence-corrected chi connectivity index (χ4v) is 1.54. The largest absolute Gasteiger partial charge is 0.396 e. The van der Waals surface area contributed by atoms with Crippen molar-refractivity contribution in [2.24, 2.45) is 0 Å². The summed E-state index contributed by atoms with van der Waals surface area (Å²) < 4.78 is 5.44. The van der Waals surface area contributed by atoms with Crippen molar-refractivity contribution in [2.75, 3.05) is 19.8 Å². The van der Waals surface area contributed by atoms with Crippen LogP contribution in [0.2, 0.25) is 0 Å². The van der Waals surface area contributed by atoms with E-state index >= 15 is 0 Å². The van der Waals surface area contributed by atoms with Crippen LogP contribution in [0.1, 0.15) is 18.9 Å². The number of aliphatic hydroxyl groups excluding tert-OH is 1. The number of urea groups is 1. The summed E-state index contributed by atoms with van der Waals surface area (Å²) >= 11 is 0. The Labute approximate surface area is 114 Å². The van der Waals surface area contributed by atoms with Crippen molar-refractivity contribution in [1.29, 1.82) is 0 Å². The van der Waals surface area contributed by atoms with Crippen LogP contribution in [-0.4, -0.2) is 36.9 Å². The summed E-state index contributed by atoms with van der Waals surface area (Å²) in [5.74, 6) is 0. The minimum atomic E-state index is -0.232. The Kier molecular flexibility index (Phi) is 7.62. The summed E-state index contributed by atoms with van der Waals surface area (Å²) in [6.45, 7) is 3.40. The van der Waals surface area contributed by atoms with E-state index < -0.39 is 0 Å². The van der Waals surface area contributed by atoms with Crippen molar-refractivity contribution in [3.05, 3.63) is 35.9 Å². The van der Waals surface area contributed by atoms with Gasteiger partial charge < -0.3 is 20.5 Å². The quantitative estimate of drug-likeness (QED) is 0.621. The summed E-state index contributed by atoms with van der Waals surface area (Å²) in [4.78, 5) is 11.4. The van der Waals surface area contributed by atoms with E-state index in [9.17, 15) is 4.79 Å². The first kappa shape index (κ1) is 15.5. The van der Waals surface area contributed by atoms with Crippen molar-refractivity contribution in [2.45, 2.75) is 26.0 Å². The number of ether oxygens (including phenoxy) is 1. The first-order valence-electron chi connectivity index (χ1n) is 6.49. The zero-order valence-electron chi connectivity index (χ0n) is 11.3. The fraction of sp³-hybridized carbons (Fsp3) is 0.500. The molecule has 3 N–H and O–H groups in total. The molecule has 0 aliphatic rings. The van der Waals surface area contributed by atoms with Crippen LogP contribution in [-0.2, 0) is 11.3 Å². The summed E-state index contributed by atoms with van der Waals surface area (Å²) in [6.07, 6.45) is 0.553. The van der Waals surface area contributed by atoms with Crippen LogP contribution in [0.25, 0.3) is 0 Å². The van der Waals surface area contributed by atoms with Crippen molar-refractivity contribution < 1.29 is 14.6 Å². The fourth-order valence-electron chi connectivity index (χ4n) is 1.54. The summed E-state index contributed by atoms with van der Waals surface area (Å²) in [5.41, 5.74) is 1.11. The lowest BCUT2D eigenvalue weighted by atomic mass is 10.2. The Morgan fingerprint density at radius 2 is 2.11 bits per heavy atom. The standard InChI is InChI=1S/C14H22N2O3/c1-12(7-9-17)16-14(18)15-8-10-19-11-13-5-3-2-4-6-13/h2-6,12,17H,7-11H2,1H3,(H2,15,16,18)/t12-/m1/s1. The van der Waals surface area contributed by atoms with Gasteiger partial charge in [0.2, 0.25) is 0 Å². The van der Waals surface area contributed by atoms with Gasteiger partial charge in [0.25, 0.3) is 0 Å². The monoisotopic (exact) mass is 266 g/mol. The number of carbonyl (C=O) groups is 1. The molecule has 1 rings (SSSR count). The van der Waals surface area contributed by atoms with E-state index in [2.05, 4.69) is 10.6 Å². The number of hydrogen-bond acceptors (Lipinski definition) is 3. The van der Waals surface area contributed by atoms with Crippen molar-refractivity contribution in [3.63, 3.8) is 0 Å². The predicted octanol–water partition coefficient (Wildman–Crippen LogP) is 1.27. The molecule has 106 valence electrons. The molecule has 1 aromatic carbocycles. The van der Waals surface area contributed by atoms with E-state index in [0.29, 0.717) is 26.2 Å². The van der Waals surface area contributed by atoms with Gasteiger partial charge in [-0.15, -0.1) is 0 Å². The summed E-state index contributed by atoms with van der Waals surface area (Å²) in [7, 11) is 0. The van der Waals surface area contributed by atoms with Crippen molar-refractivity contribution in [1.82, 2.24) is 10.6 Å². The minimum Gasteiger partial charge on any atom is -0.396 e. The number of rotatable bonds is 8. The molecule has 0 aliphatic carbocycles. The highest BCUT2D eigenvalue weighted by molar-refractivity contribution is 5.74. The van der Waals surface area contributed by atoms with Crippen LogP contribution in [0.4, 0.5) is 4.79 Å². The van der Waals surface area contributed by atoms with Gasteiger partial charge in [-0.25, -0.2) is 4.79 Å². The molecule has 0 radical (unpaired) electrons. The van der Waals surface area contributed by atoms with Gasteiger partial charge in [0.05, 0.1) is 13.2 Å². The Morgan fingerprint density at radius 1 is 1.37 bits per heavy atom. The van der Waals surface area contributed by atoms with Gasteiger partial charge in [0.15, 0.2) is 0 Å². The zero-order valence-corrected chi connectivity index (χ0v) is 11.3. The van der Waals surface area contributed by atoms with Gasteiger partial charge in [0.1, 0.15) is 0 Å². The third-order valence-corrected chi connectivity index (χ3v) is 2.58. The van der Waals surface area contributed by atoms with E-state index in [0.717, 1.165) is 5.56 Å². The molecule has 0 saturated carbocycles. The van der Waals surface area contributed by atoms with Crippen molar-refractivity contribution >= 4 is 6.03 Å². The Bertz CT molecular complexity index is 357. The van der Waals surface area contributed by atoms with E-state index in [1.54, 1.807) is 0 Å². The Balaban J connectivity index is 2.03. The maximum absolute atomic E-state index is 11.4. The van der Waals surface area contributed by atoms with E-state index in [-0.39, 0.29) is 18.7 Å². The molecule has 19 heavy (non-hydrogen) atoms. The first-order valence-corrected chi connectivity index (χ1v) is 6.49. The molecule has 1 atom stereocenters. The molecule has 0 heterocycles. The second-order valence-electron chi connectivity index (χ2n) is 4.35. The Hall–Kier alpha value is -1.59. The first-order chi connectivity index (χ1) is 9.22. The van der Waals surface area contributed by atoms with Crippen LogP contribution >= 0.6 is 0 Å². The van der Waals surface area contributed by atoms with Gasteiger partial charge in [-0.05, 0) is 18.9 Å². The van der Waals surface area contributed by atoms with E-state index in [4.69, 9.17) is 9.84 Å². The second kappa shape index (κ2) is 9.35. The highest BCUT2D eigenvalue weighted by Crippen LogP contribution is 1.99. The number of nitrogens with one attached hydrogen (secondary N) is 2. The number of carbonyl (C=O) groups excluding carboxylic acids is 1. The van der Waals surface area contributed by atoms with Crippen LogP contribution in [0.3, 0.4) is 0 Å². The molecule has 0 unspecified atom stereocenters. The lowest BCUT2D eigenvalue weighted by Gasteiger charge is -2.13. The zero-order chi connectivity index (χ0) is 13.9. The maximum Gasteiger partial charge on any atom is 0.315 e. The predicted molar refractivity (Wildman–Crippen MR) is 73.8 cm³/mol. The van der Waals surface area contributed by atoms with E-state index in [1.807, 2.05) is 37.3 Å². The molecule has 0 aromatic heterocycles. The van der Waals surface area contributed by atoms with Crippen LogP contribution in [0.15, 0.2) is 30.3 Å². The molecule has 0 saturated heterocycles. The van der Waals surface area contributed by atoms with Gasteiger partial charge >= 0.3 is 6.03 Å². The number of aliphatic hydroxyl groups is 1. The molecule has 0 spiro atoms. The lowest BCUT2D eigenvalue weighted by Crippen LogP contribution is -2.42. The minimum absolute atomic E-state index is 0.0322. The van der Waals surface area contributed by atoms with Crippen LogP contribution in [0, 0.1) is 0 Å². The molecule has 5 heteroatoms. The Morgan fingerprint density at radius 3 is 2.79 bits per heavy atom. The highest BCUT2D eigenvalue weighted by atomic mass is 16.5. The molecular weight excluding hydrogens is 244 g/mol. The highest BCUT2D eigenvalue weighted by Gasteiger charge is 2.05. The SMILES string of the molecule is C[C@H](CCO)NC(=O)NCCOCc1ccccc1. The number of amides is 2. The van der Waals surface area contributed by atoms with Gasteiger partial charge in [-0.3, -0.25) is 0 Å². The summed E-state index contributed by atoms with van der Waals surface area (Å²) in [5, 5.41) is 14.1. The van der Waals surface area contributed by atoms with Gasteiger partial charge in [0, 0.05) is 19.2 Å². The number of hydrogen-bond donors (Lipinski definition) is 3. The molecule has 0 fully saturated rings. The average Bonchev–Trinajstić information content (AvgIpc) is 2.39. The topological polar surface area (TPSA) is 70.6 Å². The molecule has 0 bridgehead atoms. The normalized spacial score (nSPS) is 11.9. The van der Waals surface area contributed by atoms with E-state index in [1.165, 1.54) is 0 Å².